The number of piperazine rings is 1. The van der Waals surface area contributed by atoms with Gasteiger partial charge in [-0.2, -0.15) is 0 Å². The van der Waals surface area contributed by atoms with Gasteiger partial charge in [0.1, 0.15) is 0 Å². The summed E-state index contributed by atoms with van der Waals surface area (Å²) in [5.41, 5.74) is 1.03. The minimum absolute atomic E-state index is 0. The van der Waals surface area contributed by atoms with Crippen LogP contribution in [0, 0.1) is 0 Å². The zero-order valence-electron chi connectivity index (χ0n) is 18.7. The molecule has 31 heavy (non-hydrogen) atoms. The number of nitrogens with zero attached hydrogens (tertiary/aromatic N) is 4. The van der Waals surface area contributed by atoms with Crippen molar-refractivity contribution >= 4 is 47.4 Å². The molecule has 2 heterocycles. The summed E-state index contributed by atoms with van der Waals surface area (Å²) in [6, 6.07) is 7.68. The Morgan fingerprint density at radius 3 is 2.42 bits per heavy atom. The van der Waals surface area contributed by atoms with Crippen molar-refractivity contribution in [3.8, 4) is 0 Å². The maximum atomic E-state index is 12.7. The fourth-order valence-corrected chi connectivity index (χ4v) is 4.44. The number of carbonyl (C=O) groups is 1. The van der Waals surface area contributed by atoms with Crippen molar-refractivity contribution in [3.63, 3.8) is 0 Å². The number of hydrogen-bond donors (Lipinski definition) is 1. The summed E-state index contributed by atoms with van der Waals surface area (Å²) < 4.78 is 5.65. The van der Waals surface area contributed by atoms with E-state index in [1.165, 1.54) is 0 Å². The number of methoxy groups -OCH3 is 1. The van der Waals surface area contributed by atoms with Gasteiger partial charge in [0.15, 0.2) is 5.96 Å². The predicted molar refractivity (Wildman–Crippen MR) is 136 cm³/mol. The topological polar surface area (TPSA) is 60.4 Å². The van der Waals surface area contributed by atoms with Gasteiger partial charge in [0.05, 0.1) is 12.1 Å². The van der Waals surface area contributed by atoms with Crippen LogP contribution in [-0.2, 0) is 9.53 Å². The van der Waals surface area contributed by atoms with Gasteiger partial charge in [0.2, 0.25) is 5.91 Å². The van der Waals surface area contributed by atoms with Crippen LogP contribution in [0.5, 0.6) is 0 Å². The Morgan fingerprint density at radius 2 is 1.84 bits per heavy atom. The summed E-state index contributed by atoms with van der Waals surface area (Å²) in [5.74, 6) is 1.13. The van der Waals surface area contributed by atoms with Gasteiger partial charge < -0.3 is 19.9 Å². The first-order valence-electron chi connectivity index (χ1n) is 10.8. The molecule has 1 aromatic carbocycles. The molecular weight excluding hydrogens is 529 g/mol. The summed E-state index contributed by atoms with van der Waals surface area (Å²) in [6.45, 7) is 7.84. The van der Waals surface area contributed by atoms with E-state index in [0.717, 1.165) is 63.6 Å². The second-order valence-electron chi connectivity index (χ2n) is 7.94. The molecule has 174 valence electrons. The van der Waals surface area contributed by atoms with Crippen LogP contribution in [0.4, 0.5) is 0 Å². The van der Waals surface area contributed by atoms with Crippen molar-refractivity contribution in [2.45, 2.75) is 31.9 Å². The predicted octanol–water partition coefficient (Wildman–Crippen LogP) is 2.85. The second-order valence-corrected chi connectivity index (χ2v) is 8.38. The lowest BCUT2D eigenvalue weighted by Gasteiger charge is -2.39. The van der Waals surface area contributed by atoms with Gasteiger partial charge in [-0.25, -0.2) is 0 Å². The Morgan fingerprint density at radius 1 is 1.16 bits per heavy atom. The van der Waals surface area contributed by atoms with Crippen molar-refractivity contribution < 1.29 is 9.53 Å². The van der Waals surface area contributed by atoms with Crippen LogP contribution in [0.2, 0.25) is 5.02 Å². The molecule has 0 saturated carbocycles. The minimum Gasteiger partial charge on any atom is -0.375 e. The maximum absolute atomic E-state index is 12.7. The molecule has 0 aromatic heterocycles. The number of guanidine groups is 1. The van der Waals surface area contributed by atoms with Crippen molar-refractivity contribution in [2.24, 2.45) is 4.99 Å². The molecular formula is C22H35ClIN5O2. The number of aliphatic imine (C=N–C) groups is 1. The Kier molecular flexibility index (Phi) is 10.8. The number of halogens is 2. The van der Waals surface area contributed by atoms with Crippen LogP contribution in [0.3, 0.4) is 0 Å². The monoisotopic (exact) mass is 563 g/mol. The SMILES string of the molecule is CN=C(NCC(OC)c1cccc(Cl)c1)N1CCN(C(C)C(=O)N2CCCC2)CC1.I. The number of likely N-dealkylation sites (tertiary alicyclic amines) is 1. The molecule has 7 nitrogen and oxygen atoms in total. The normalized spacial score (nSPS) is 19.7. The number of benzene rings is 1. The number of carbonyl (C=O) groups excluding carboxylic acids is 1. The fraction of sp³-hybridized carbons (Fsp3) is 0.636. The van der Waals surface area contributed by atoms with E-state index in [-0.39, 0.29) is 42.0 Å². The van der Waals surface area contributed by atoms with E-state index in [4.69, 9.17) is 16.3 Å². The fourth-order valence-electron chi connectivity index (χ4n) is 4.24. The highest BCUT2D eigenvalue weighted by Crippen LogP contribution is 2.20. The van der Waals surface area contributed by atoms with Crippen LogP contribution < -0.4 is 5.32 Å². The molecule has 2 unspecified atom stereocenters. The summed E-state index contributed by atoms with van der Waals surface area (Å²) in [5, 5.41) is 4.14. The molecule has 2 aliphatic rings. The first-order chi connectivity index (χ1) is 14.5. The van der Waals surface area contributed by atoms with E-state index in [1.807, 2.05) is 36.1 Å². The van der Waals surface area contributed by atoms with Crippen LogP contribution in [0.1, 0.15) is 31.4 Å². The lowest BCUT2D eigenvalue weighted by Crippen LogP contribution is -2.57. The summed E-state index contributed by atoms with van der Waals surface area (Å²) >= 11 is 6.12. The summed E-state index contributed by atoms with van der Waals surface area (Å²) in [7, 11) is 3.50. The molecule has 1 N–H and O–H groups in total. The molecule has 2 atom stereocenters. The van der Waals surface area contributed by atoms with Gasteiger partial charge in [-0.15, -0.1) is 24.0 Å². The van der Waals surface area contributed by atoms with Crippen LogP contribution in [-0.4, -0.2) is 92.6 Å². The molecule has 2 aliphatic heterocycles. The Labute approximate surface area is 208 Å². The van der Waals surface area contributed by atoms with E-state index >= 15 is 0 Å². The van der Waals surface area contributed by atoms with Gasteiger partial charge >= 0.3 is 0 Å². The van der Waals surface area contributed by atoms with Gasteiger partial charge in [-0.3, -0.25) is 14.7 Å². The molecule has 2 saturated heterocycles. The molecule has 2 fully saturated rings. The molecule has 1 aromatic rings. The third kappa shape index (κ3) is 6.94. The van der Waals surface area contributed by atoms with Crippen LogP contribution >= 0.6 is 35.6 Å². The Bertz CT molecular complexity index is 736. The molecule has 0 radical (unpaired) electrons. The van der Waals surface area contributed by atoms with Gasteiger partial charge in [0, 0.05) is 65.0 Å². The Hall–Kier alpha value is -1.10. The van der Waals surface area contributed by atoms with E-state index in [1.54, 1.807) is 14.2 Å². The number of hydrogen-bond acceptors (Lipinski definition) is 4. The van der Waals surface area contributed by atoms with Gasteiger partial charge in [0.25, 0.3) is 0 Å². The van der Waals surface area contributed by atoms with Crippen molar-refractivity contribution in [2.75, 3.05) is 60.0 Å². The maximum Gasteiger partial charge on any atom is 0.239 e. The number of rotatable bonds is 6. The summed E-state index contributed by atoms with van der Waals surface area (Å²) in [4.78, 5) is 23.7. The number of ether oxygens (including phenoxy) is 1. The lowest BCUT2D eigenvalue weighted by molar-refractivity contribution is -0.135. The van der Waals surface area contributed by atoms with E-state index in [2.05, 4.69) is 20.1 Å². The van der Waals surface area contributed by atoms with E-state index in [0.29, 0.717) is 11.6 Å². The second kappa shape index (κ2) is 12.8. The van der Waals surface area contributed by atoms with Gasteiger partial charge in [-0.05, 0) is 37.5 Å². The zero-order valence-corrected chi connectivity index (χ0v) is 21.8. The third-order valence-corrected chi connectivity index (χ3v) is 6.33. The van der Waals surface area contributed by atoms with E-state index < -0.39 is 0 Å². The Balaban J connectivity index is 0.00000341. The number of nitrogens with one attached hydrogen (secondary N) is 1. The standard InChI is InChI=1S/C22H34ClN5O2.HI/c1-17(21(29)27-9-4-5-10-27)26-11-13-28(14-12-26)22(24-2)25-16-20(30-3)18-7-6-8-19(23)15-18;/h6-8,15,17,20H,4-5,9-14,16H2,1-3H3,(H,24,25);1H. The average Bonchev–Trinajstić information content (AvgIpc) is 3.31. The summed E-state index contributed by atoms with van der Waals surface area (Å²) in [6.07, 6.45) is 2.15. The minimum atomic E-state index is -0.111. The van der Waals surface area contributed by atoms with Crippen molar-refractivity contribution in [3.05, 3.63) is 34.9 Å². The van der Waals surface area contributed by atoms with Crippen LogP contribution in [0.15, 0.2) is 29.3 Å². The quantitative estimate of drug-likeness (QED) is 0.328. The first kappa shape index (κ1) is 26.2. The zero-order chi connectivity index (χ0) is 21.5. The molecule has 1 amide bonds. The average molecular weight is 564 g/mol. The lowest BCUT2D eigenvalue weighted by atomic mass is 10.1. The highest BCUT2D eigenvalue weighted by atomic mass is 127. The van der Waals surface area contributed by atoms with Crippen molar-refractivity contribution in [1.29, 1.82) is 0 Å². The highest BCUT2D eigenvalue weighted by Gasteiger charge is 2.30. The van der Waals surface area contributed by atoms with Crippen LogP contribution in [0.25, 0.3) is 0 Å². The highest BCUT2D eigenvalue weighted by molar-refractivity contribution is 14.0. The molecule has 9 heteroatoms. The molecule has 0 bridgehead atoms. The third-order valence-electron chi connectivity index (χ3n) is 6.10. The van der Waals surface area contributed by atoms with Gasteiger partial charge in [-0.1, -0.05) is 23.7 Å². The molecule has 3 rings (SSSR count). The van der Waals surface area contributed by atoms with Crippen molar-refractivity contribution in [1.82, 2.24) is 20.0 Å². The largest absolute Gasteiger partial charge is 0.375 e. The molecule has 0 aliphatic carbocycles. The first-order valence-corrected chi connectivity index (χ1v) is 11.2. The number of amides is 1. The smallest absolute Gasteiger partial charge is 0.239 e. The van der Waals surface area contributed by atoms with E-state index in [9.17, 15) is 4.79 Å². The molecule has 0 spiro atoms.